The number of nitrogens with two attached hydrogens (primary N) is 1. The molecule has 1 aliphatic heterocycles. The van der Waals surface area contributed by atoms with E-state index in [0.29, 0.717) is 25.2 Å². The van der Waals surface area contributed by atoms with Gasteiger partial charge in [-0.2, -0.15) is 0 Å². The normalized spacial score (nSPS) is 29.8. The van der Waals surface area contributed by atoms with Gasteiger partial charge in [0.2, 0.25) is 0 Å². The average Bonchev–Trinajstić information content (AvgIpc) is 2.34. The van der Waals surface area contributed by atoms with Crippen LogP contribution in [0.3, 0.4) is 0 Å². The standard InChI is InChI=1S/C15H19F2NO/c16-13-6-3-11(7-14(13)17)15(8-19-9-15)10-1-4-12(18)5-2-10/h3,6-7,10,12H,1-2,4-5,8-9,18H2. The molecule has 104 valence electrons. The van der Waals surface area contributed by atoms with Crippen LogP contribution in [0.4, 0.5) is 8.78 Å². The van der Waals surface area contributed by atoms with Gasteiger partial charge in [-0.15, -0.1) is 0 Å². The van der Waals surface area contributed by atoms with Crippen molar-refractivity contribution in [3.05, 3.63) is 35.4 Å². The summed E-state index contributed by atoms with van der Waals surface area (Å²) in [6.07, 6.45) is 4.11. The van der Waals surface area contributed by atoms with Crippen molar-refractivity contribution in [2.45, 2.75) is 37.1 Å². The number of rotatable bonds is 2. The van der Waals surface area contributed by atoms with Crippen LogP contribution in [0, 0.1) is 17.6 Å². The van der Waals surface area contributed by atoms with Crippen LogP contribution >= 0.6 is 0 Å². The third-order valence-electron chi connectivity index (χ3n) is 4.77. The van der Waals surface area contributed by atoms with E-state index >= 15 is 0 Å². The lowest BCUT2D eigenvalue weighted by molar-refractivity contribution is -0.0985. The fourth-order valence-corrected chi connectivity index (χ4v) is 3.44. The van der Waals surface area contributed by atoms with Crippen LogP contribution in [0.2, 0.25) is 0 Å². The lowest BCUT2D eigenvalue weighted by atomic mass is 9.63. The minimum atomic E-state index is -0.787. The van der Waals surface area contributed by atoms with Crippen LogP contribution in [0.1, 0.15) is 31.2 Å². The minimum Gasteiger partial charge on any atom is -0.379 e. The predicted molar refractivity (Wildman–Crippen MR) is 68.8 cm³/mol. The number of hydrogen-bond donors (Lipinski definition) is 1. The van der Waals surface area contributed by atoms with Crippen molar-refractivity contribution >= 4 is 0 Å². The molecule has 0 aromatic heterocycles. The molecule has 0 amide bonds. The summed E-state index contributed by atoms with van der Waals surface area (Å²) < 4.78 is 31.9. The zero-order valence-corrected chi connectivity index (χ0v) is 10.9. The average molecular weight is 267 g/mol. The molecule has 2 aliphatic rings. The first-order chi connectivity index (χ1) is 9.12. The van der Waals surface area contributed by atoms with Crippen LogP contribution in [0.25, 0.3) is 0 Å². The maximum absolute atomic E-state index is 13.5. The van der Waals surface area contributed by atoms with Gasteiger partial charge in [0.25, 0.3) is 0 Å². The maximum atomic E-state index is 13.5. The molecule has 1 heterocycles. The molecule has 0 unspecified atom stereocenters. The fraction of sp³-hybridized carbons (Fsp3) is 0.600. The molecule has 0 bridgehead atoms. The van der Waals surface area contributed by atoms with Gasteiger partial charge in [-0.25, -0.2) is 8.78 Å². The monoisotopic (exact) mass is 267 g/mol. The summed E-state index contributed by atoms with van der Waals surface area (Å²) in [4.78, 5) is 0. The highest BCUT2D eigenvalue weighted by atomic mass is 19.2. The largest absolute Gasteiger partial charge is 0.379 e. The number of benzene rings is 1. The SMILES string of the molecule is NC1CCC(C2(c3ccc(F)c(F)c3)COC2)CC1. The molecule has 2 N–H and O–H groups in total. The third kappa shape index (κ3) is 2.17. The van der Waals surface area contributed by atoms with Crippen LogP contribution in [-0.4, -0.2) is 19.3 Å². The van der Waals surface area contributed by atoms with Gasteiger partial charge in [-0.05, 0) is 49.3 Å². The summed E-state index contributed by atoms with van der Waals surface area (Å²) in [5.74, 6) is -1.09. The molecule has 2 fully saturated rings. The Morgan fingerprint density at radius 2 is 1.74 bits per heavy atom. The van der Waals surface area contributed by atoms with Crippen molar-refractivity contribution in [3.8, 4) is 0 Å². The molecule has 1 aromatic rings. The molecule has 0 radical (unpaired) electrons. The zero-order chi connectivity index (χ0) is 13.5. The van der Waals surface area contributed by atoms with Crippen molar-refractivity contribution < 1.29 is 13.5 Å². The van der Waals surface area contributed by atoms with E-state index < -0.39 is 11.6 Å². The van der Waals surface area contributed by atoms with Crippen molar-refractivity contribution in [2.24, 2.45) is 11.7 Å². The topological polar surface area (TPSA) is 35.2 Å². The molecule has 1 aliphatic carbocycles. The Hall–Kier alpha value is -1.00. The van der Waals surface area contributed by atoms with Crippen LogP contribution < -0.4 is 5.73 Å². The van der Waals surface area contributed by atoms with E-state index in [-0.39, 0.29) is 5.41 Å². The zero-order valence-electron chi connectivity index (χ0n) is 10.9. The number of halogens is 2. The Morgan fingerprint density at radius 1 is 1.05 bits per heavy atom. The molecule has 19 heavy (non-hydrogen) atoms. The van der Waals surface area contributed by atoms with E-state index in [9.17, 15) is 8.78 Å². The summed E-state index contributed by atoms with van der Waals surface area (Å²) in [5.41, 5.74) is 6.68. The summed E-state index contributed by atoms with van der Waals surface area (Å²) in [5, 5.41) is 0. The Kier molecular flexibility index (Phi) is 3.31. The van der Waals surface area contributed by atoms with Crippen LogP contribution in [-0.2, 0) is 10.2 Å². The molecule has 4 heteroatoms. The summed E-state index contributed by atoms with van der Waals surface area (Å²) in [7, 11) is 0. The van der Waals surface area contributed by atoms with Crippen molar-refractivity contribution in [1.82, 2.24) is 0 Å². The molecule has 3 rings (SSSR count). The van der Waals surface area contributed by atoms with Crippen molar-refractivity contribution in [2.75, 3.05) is 13.2 Å². The summed E-state index contributed by atoms with van der Waals surface area (Å²) in [6.45, 7) is 1.22. The second-order valence-corrected chi connectivity index (χ2v) is 5.89. The Morgan fingerprint density at radius 3 is 2.26 bits per heavy atom. The molecular formula is C15H19F2NO. The van der Waals surface area contributed by atoms with Gasteiger partial charge in [0, 0.05) is 11.5 Å². The van der Waals surface area contributed by atoms with E-state index in [4.69, 9.17) is 10.5 Å². The third-order valence-corrected chi connectivity index (χ3v) is 4.77. The fourth-order valence-electron chi connectivity index (χ4n) is 3.44. The second-order valence-electron chi connectivity index (χ2n) is 5.89. The molecule has 2 nitrogen and oxygen atoms in total. The predicted octanol–water partition coefficient (Wildman–Crippen LogP) is 2.75. The molecule has 1 saturated carbocycles. The summed E-state index contributed by atoms with van der Waals surface area (Å²) in [6, 6.07) is 4.56. The van der Waals surface area contributed by atoms with Crippen LogP contribution in [0.5, 0.6) is 0 Å². The molecular weight excluding hydrogens is 248 g/mol. The highest BCUT2D eigenvalue weighted by Crippen LogP contribution is 2.46. The van der Waals surface area contributed by atoms with Gasteiger partial charge in [-0.3, -0.25) is 0 Å². The first-order valence-electron chi connectivity index (χ1n) is 6.91. The lowest BCUT2D eigenvalue weighted by Gasteiger charge is -2.49. The Balaban J connectivity index is 1.88. The molecule has 1 saturated heterocycles. The molecule has 1 aromatic carbocycles. The first-order valence-corrected chi connectivity index (χ1v) is 6.91. The first kappa shape index (κ1) is 13.0. The van der Waals surface area contributed by atoms with E-state index in [0.717, 1.165) is 31.2 Å². The van der Waals surface area contributed by atoms with Crippen molar-refractivity contribution in [3.63, 3.8) is 0 Å². The lowest BCUT2D eigenvalue weighted by Crippen LogP contribution is -2.53. The van der Waals surface area contributed by atoms with E-state index in [2.05, 4.69) is 0 Å². The summed E-state index contributed by atoms with van der Waals surface area (Å²) >= 11 is 0. The van der Waals surface area contributed by atoms with Gasteiger partial charge in [-0.1, -0.05) is 6.07 Å². The Labute approximate surface area is 111 Å². The molecule has 0 spiro atoms. The van der Waals surface area contributed by atoms with Gasteiger partial charge in [0.05, 0.1) is 13.2 Å². The maximum Gasteiger partial charge on any atom is 0.159 e. The number of ether oxygens (including phenoxy) is 1. The van der Waals surface area contributed by atoms with Crippen molar-refractivity contribution in [1.29, 1.82) is 0 Å². The molecule has 0 atom stereocenters. The Bertz CT molecular complexity index is 465. The second kappa shape index (κ2) is 4.84. The van der Waals surface area contributed by atoms with E-state index in [1.165, 1.54) is 12.1 Å². The smallest absolute Gasteiger partial charge is 0.159 e. The highest BCUT2D eigenvalue weighted by Gasteiger charge is 2.47. The van der Waals surface area contributed by atoms with Crippen LogP contribution in [0.15, 0.2) is 18.2 Å². The number of hydrogen-bond acceptors (Lipinski definition) is 2. The minimum absolute atomic E-state index is 0.130. The van der Waals surface area contributed by atoms with E-state index in [1.54, 1.807) is 6.07 Å². The highest BCUT2D eigenvalue weighted by molar-refractivity contribution is 5.30. The van der Waals surface area contributed by atoms with Gasteiger partial charge in [0.1, 0.15) is 0 Å². The van der Waals surface area contributed by atoms with Gasteiger partial charge < -0.3 is 10.5 Å². The quantitative estimate of drug-likeness (QED) is 0.894. The van der Waals surface area contributed by atoms with Gasteiger partial charge >= 0.3 is 0 Å². The van der Waals surface area contributed by atoms with E-state index in [1.807, 2.05) is 0 Å². The van der Waals surface area contributed by atoms with Gasteiger partial charge in [0.15, 0.2) is 11.6 Å².